The van der Waals surface area contributed by atoms with Crippen molar-refractivity contribution in [1.29, 1.82) is 0 Å². The minimum absolute atomic E-state index is 0.142. The van der Waals surface area contributed by atoms with Gasteiger partial charge in [-0.05, 0) is 0 Å². The van der Waals surface area contributed by atoms with E-state index < -0.39 is 32.1 Å². The summed E-state index contributed by atoms with van der Waals surface area (Å²) >= 11 is -2.46. The van der Waals surface area contributed by atoms with Crippen molar-refractivity contribution in [1.82, 2.24) is 0 Å². The molecule has 0 spiro atoms. The first-order valence-corrected chi connectivity index (χ1v) is 27.4. The van der Waals surface area contributed by atoms with Gasteiger partial charge in [0.15, 0.2) is 0 Å². The second-order valence-electron chi connectivity index (χ2n) is 15.2. The Labute approximate surface area is 276 Å². The molecule has 0 saturated heterocycles. The van der Waals surface area contributed by atoms with Gasteiger partial charge in [0.05, 0.1) is 0 Å². The first-order valence-electron chi connectivity index (χ1n) is 17.4. The number of carbonyl (C=O) groups excluding carboxylic acids is 1. The van der Waals surface area contributed by atoms with Crippen LogP contribution in [0.2, 0.25) is 22.8 Å². The molecular weight excluding hydrogens is 663 g/mol. The van der Waals surface area contributed by atoms with Crippen LogP contribution in [-0.4, -0.2) is 45.4 Å². The second-order valence-corrected chi connectivity index (χ2v) is 33.4. The molecule has 0 radical (unpaired) electrons. The number of rotatable bonds is 19. The number of benzene rings is 2. The molecular formula is C39H64O3SiSn. The van der Waals surface area contributed by atoms with Crippen molar-refractivity contribution in [2.75, 3.05) is 6.61 Å². The predicted octanol–water partition coefficient (Wildman–Crippen LogP) is 10.3. The molecule has 44 heavy (non-hydrogen) atoms. The van der Waals surface area contributed by atoms with Crippen LogP contribution in [0.3, 0.4) is 0 Å². The molecule has 2 aromatic carbocycles. The predicted molar refractivity (Wildman–Crippen MR) is 196 cm³/mol. The third-order valence-corrected chi connectivity index (χ3v) is 29.8. The molecule has 246 valence electrons. The SMILES string of the molecule is C=C(C[C@H](CO[Si](c1ccccc1)(c1ccccc1)C(C)(C)C)OC(=O)C(C)(C)C)[CH2][Sn]([CH2]CCC)([CH2]CCC)[CH2]CCC. The molecule has 0 unspecified atom stereocenters. The number of ether oxygens (including phenoxy) is 1. The van der Waals surface area contributed by atoms with Crippen LogP contribution in [0.5, 0.6) is 0 Å². The Morgan fingerprint density at radius 2 is 1.20 bits per heavy atom. The molecule has 0 bridgehead atoms. The van der Waals surface area contributed by atoms with Crippen LogP contribution in [0.4, 0.5) is 0 Å². The van der Waals surface area contributed by atoms with Crippen molar-refractivity contribution in [2.24, 2.45) is 5.41 Å². The Morgan fingerprint density at radius 3 is 1.57 bits per heavy atom. The summed E-state index contributed by atoms with van der Waals surface area (Å²) in [6.07, 6.45) is 8.15. The van der Waals surface area contributed by atoms with Gasteiger partial charge in [-0.2, -0.15) is 0 Å². The van der Waals surface area contributed by atoms with E-state index in [0.29, 0.717) is 13.0 Å². The third-order valence-electron chi connectivity index (χ3n) is 9.11. The van der Waals surface area contributed by atoms with Gasteiger partial charge in [-0.15, -0.1) is 0 Å². The summed E-state index contributed by atoms with van der Waals surface area (Å²) in [5.41, 5.74) is 0.699. The zero-order valence-electron chi connectivity index (χ0n) is 29.8. The van der Waals surface area contributed by atoms with Crippen LogP contribution in [-0.2, 0) is 14.0 Å². The molecule has 0 saturated carbocycles. The van der Waals surface area contributed by atoms with Gasteiger partial charge >= 0.3 is 278 Å². The molecule has 0 aliphatic rings. The Hall–Kier alpha value is -1.37. The molecule has 0 N–H and O–H groups in total. The summed E-state index contributed by atoms with van der Waals surface area (Å²) in [4.78, 5) is 13.3. The quantitative estimate of drug-likeness (QED) is 0.0821. The molecule has 1 atom stereocenters. The average molecular weight is 728 g/mol. The van der Waals surface area contributed by atoms with Gasteiger partial charge in [-0.3, -0.25) is 0 Å². The Kier molecular flexibility index (Phi) is 16.0. The zero-order chi connectivity index (χ0) is 32.9. The molecule has 2 rings (SSSR count). The summed E-state index contributed by atoms with van der Waals surface area (Å²) in [6.45, 7) is 24.8. The molecule has 0 aromatic heterocycles. The monoisotopic (exact) mass is 728 g/mol. The van der Waals surface area contributed by atoms with Crippen molar-refractivity contribution < 1.29 is 14.0 Å². The van der Waals surface area contributed by atoms with Crippen molar-refractivity contribution in [3.63, 3.8) is 0 Å². The van der Waals surface area contributed by atoms with Crippen LogP contribution >= 0.6 is 0 Å². The van der Waals surface area contributed by atoms with E-state index in [0.717, 1.165) is 0 Å². The van der Waals surface area contributed by atoms with Gasteiger partial charge in [-0.1, -0.05) is 0 Å². The summed E-state index contributed by atoms with van der Waals surface area (Å²) in [6, 6.07) is 21.5. The molecule has 2 aromatic rings. The molecule has 0 heterocycles. The van der Waals surface area contributed by atoms with Crippen molar-refractivity contribution in [3.8, 4) is 0 Å². The molecule has 5 heteroatoms. The Balaban J connectivity index is 2.48. The fourth-order valence-corrected chi connectivity index (χ4v) is 27.8. The van der Waals surface area contributed by atoms with Crippen LogP contribution in [0, 0.1) is 5.41 Å². The fraction of sp³-hybridized carbons (Fsp3) is 0.615. The third kappa shape index (κ3) is 11.2. The first-order chi connectivity index (χ1) is 20.7. The number of esters is 1. The molecule has 0 amide bonds. The summed E-state index contributed by atoms with van der Waals surface area (Å²) in [5.74, 6) is -0.168. The number of hydrogen-bond donors (Lipinski definition) is 0. The van der Waals surface area contributed by atoms with E-state index in [1.807, 2.05) is 20.8 Å². The van der Waals surface area contributed by atoms with Crippen molar-refractivity contribution in [3.05, 3.63) is 72.8 Å². The fourth-order valence-electron chi connectivity index (χ4n) is 6.66. The number of carbonyl (C=O) groups is 1. The summed E-state index contributed by atoms with van der Waals surface area (Å²) in [5, 5.41) is 2.34. The van der Waals surface area contributed by atoms with Gasteiger partial charge in [0, 0.05) is 0 Å². The van der Waals surface area contributed by atoms with E-state index in [1.165, 1.54) is 72.2 Å². The maximum absolute atomic E-state index is 13.3. The van der Waals surface area contributed by atoms with Gasteiger partial charge in [0.2, 0.25) is 0 Å². The van der Waals surface area contributed by atoms with E-state index in [1.54, 1.807) is 0 Å². The summed E-state index contributed by atoms with van der Waals surface area (Å²) in [7, 11) is -2.77. The standard InChI is InChI=1S/C27H37O3Si.3C4H9.Sn/c1-21(2)19-22(30-25(28)26(3,4)5)20-29-31(27(6,7)8,23-15-11-9-12-16-23)24-17-13-10-14-18-24;3*1-3-4-2;/h9-18,22H,1-2,19-20H2,3-8H3;3*1,3-4H2,2H3;/t22-;;;;/m1..../s1. The van der Waals surface area contributed by atoms with Gasteiger partial charge in [-0.25, -0.2) is 0 Å². The molecule has 0 aliphatic heterocycles. The maximum atomic E-state index is 13.3. The summed E-state index contributed by atoms with van der Waals surface area (Å²) < 4.78 is 19.2. The Bertz CT molecular complexity index is 1060. The van der Waals surface area contributed by atoms with Crippen LogP contribution < -0.4 is 10.4 Å². The number of hydrogen-bond acceptors (Lipinski definition) is 3. The molecule has 3 nitrogen and oxygen atoms in total. The van der Waals surface area contributed by atoms with Crippen LogP contribution in [0.15, 0.2) is 72.8 Å². The van der Waals surface area contributed by atoms with Crippen molar-refractivity contribution >= 4 is 43.0 Å². The van der Waals surface area contributed by atoms with E-state index in [-0.39, 0.29) is 17.1 Å². The zero-order valence-corrected chi connectivity index (χ0v) is 33.6. The molecule has 0 aliphatic carbocycles. The van der Waals surface area contributed by atoms with Gasteiger partial charge in [0.1, 0.15) is 0 Å². The van der Waals surface area contributed by atoms with Crippen LogP contribution in [0.1, 0.15) is 107 Å². The van der Waals surface area contributed by atoms with E-state index in [9.17, 15) is 4.79 Å². The van der Waals surface area contributed by atoms with Crippen LogP contribution in [0.25, 0.3) is 0 Å². The average Bonchev–Trinajstić information content (AvgIpc) is 2.98. The minimum atomic E-state index is -2.77. The van der Waals surface area contributed by atoms with Gasteiger partial charge < -0.3 is 0 Å². The van der Waals surface area contributed by atoms with E-state index >= 15 is 0 Å². The van der Waals surface area contributed by atoms with Crippen molar-refractivity contribution in [2.45, 2.75) is 136 Å². The van der Waals surface area contributed by atoms with E-state index in [2.05, 4.69) is 102 Å². The number of unbranched alkanes of at least 4 members (excludes halogenated alkanes) is 3. The Morgan fingerprint density at radius 1 is 0.773 bits per heavy atom. The van der Waals surface area contributed by atoms with E-state index in [4.69, 9.17) is 15.7 Å². The topological polar surface area (TPSA) is 35.5 Å². The normalized spacial score (nSPS) is 13.5. The van der Waals surface area contributed by atoms with Gasteiger partial charge in [0.25, 0.3) is 0 Å². The first kappa shape index (κ1) is 38.8. The second kappa shape index (κ2) is 18.1. The molecule has 0 fully saturated rings.